The number of likely N-dealkylation sites (N-methyl/N-ethyl adjacent to an activating group) is 1. The van der Waals surface area contributed by atoms with Gasteiger partial charge in [-0.25, -0.2) is 13.6 Å². The van der Waals surface area contributed by atoms with E-state index in [9.17, 15) is 13.6 Å². The van der Waals surface area contributed by atoms with Crippen molar-refractivity contribution in [3.63, 3.8) is 0 Å². The zero-order valence-corrected chi connectivity index (χ0v) is 11.4. The zero-order valence-electron chi connectivity index (χ0n) is 11.4. The number of rotatable bonds is 6. The monoisotopic (exact) mass is 285 g/mol. The van der Waals surface area contributed by atoms with Crippen LogP contribution in [0.25, 0.3) is 0 Å². The van der Waals surface area contributed by atoms with E-state index in [-0.39, 0.29) is 18.3 Å². The summed E-state index contributed by atoms with van der Waals surface area (Å²) in [4.78, 5) is 12.0. The van der Waals surface area contributed by atoms with Crippen molar-refractivity contribution in [1.29, 1.82) is 0 Å². The summed E-state index contributed by atoms with van der Waals surface area (Å²) in [5.74, 6) is -1.86. The van der Waals surface area contributed by atoms with Crippen LogP contribution in [0.1, 0.15) is 12.8 Å². The van der Waals surface area contributed by atoms with E-state index in [0.29, 0.717) is 0 Å². The smallest absolute Gasteiger partial charge is 0.329 e. The molecule has 0 aromatic heterocycles. The van der Waals surface area contributed by atoms with Crippen LogP contribution < -0.4 is 10.1 Å². The molecule has 0 heterocycles. The van der Waals surface area contributed by atoms with Crippen LogP contribution in [0.5, 0.6) is 5.75 Å². The van der Waals surface area contributed by atoms with Crippen molar-refractivity contribution >= 4 is 5.97 Å². The lowest BCUT2D eigenvalue weighted by atomic mass is 9.94. The average molecular weight is 285 g/mol. The second kappa shape index (κ2) is 5.75. The highest BCUT2D eigenvalue weighted by molar-refractivity contribution is 5.82. The van der Waals surface area contributed by atoms with Gasteiger partial charge >= 0.3 is 5.97 Å². The van der Waals surface area contributed by atoms with Gasteiger partial charge in [0.25, 0.3) is 0 Å². The third-order valence-electron chi connectivity index (χ3n) is 3.62. The van der Waals surface area contributed by atoms with Gasteiger partial charge in [0.2, 0.25) is 0 Å². The number of carbonyl (C=O) groups is 1. The molecule has 1 aliphatic carbocycles. The van der Waals surface area contributed by atoms with Crippen LogP contribution in [0.15, 0.2) is 18.2 Å². The molecule has 1 aromatic carbocycles. The summed E-state index contributed by atoms with van der Waals surface area (Å²) < 4.78 is 36.7. The van der Waals surface area contributed by atoms with Gasteiger partial charge in [-0.05, 0) is 37.9 Å². The Morgan fingerprint density at radius 3 is 2.70 bits per heavy atom. The van der Waals surface area contributed by atoms with Crippen molar-refractivity contribution in [3.05, 3.63) is 29.8 Å². The fourth-order valence-electron chi connectivity index (χ4n) is 2.26. The van der Waals surface area contributed by atoms with Gasteiger partial charge in [-0.15, -0.1) is 0 Å². The molecule has 1 unspecified atom stereocenters. The van der Waals surface area contributed by atoms with Crippen molar-refractivity contribution in [2.75, 3.05) is 20.8 Å². The minimum atomic E-state index is -1.02. The second-order valence-corrected chi connectivity index (χ2v) is 4.85. The number of halogens is 2. The predicted octanol–water partition coefficient (Wildman–Crippen LogP) is 1.88. The van der Waals surface area contributed by atoms with E-state index in [4.69, 9.17) is 9.47 Å². The first-order valence-corrected chi connectivity index (χ1v) is 6.38. The fourth-order valence-corrected chi connectivity index (χ4v) is 2.26. The quantitative estimate of drug-likeness (QED) is 0.811. The van der Waals surface area contributed by atoms with Gasteiger partial charge in [0.15, 0.2) is 17.1 Å². The lowest BCUT2D eigenvalue weighted by molar-refractivity contribution is -0.151. The molecular formula is C14H17F2NO3. The SMILES string of the molecule is CNC(COc1cc(F)ccc1F)(C(=O)OC)C1CC1. The Morgan fingerprint density at radius 1 is 1.45 bits per heavy atom. The van der Waals surface area contributed by atoms with E-state index in [2.05, 4.69) is 5.32 Å². The average Bonchev–Trinajstić information content (AvgIpc) is 3.28. The van der Waals surface area contributed by atoms with Crippen LogP contribution >= 0.6 is 0 Å². The number of benzene rings is 1. The first-order valence-electron chi connectivity index (χ1n) is 6.38. The minimum Gasteiger partial charge on any atom is -0.488 e. The number of nitrogens with one attached hydrogen (secondary N) is 1. The number of carbonyl (C=O) groups excluding carboxylic acids is 1. The predicted molar refractivity (Wildman–Crippen MR) is 68.4 cm³/mol. The Kier molecular flexibility index (Phi) is 4.23. The molecule has 1 atom stereocenters. The van der Waals surface area contributed by atoms with Gasteiger partial charge in [0, 0.05) is 6.07 Å². The third kappa shape index (κ3) is 2.75. The van der Waals surface area contributed by atoms with Gasteiger partial charge in [0.05, 0.1) is 7.11 Å². The topological polar surface area (TPSA) is 47.6 Å². The second-order valence-electron chi connectivity index (χ2n) is 4.85. The minimum absolute atomic E-state index is 0.0802. The summed E-state index contributed by atoms with van der Waals surface area (Å²) in [5, 5.41) is 2.92. The first kappa shape index (κ1) is 14.7. The molecule has 0 amide bonds. The summed E-state index contributed by atoms with van der Waals surface area (Å²) in [5.41, 5.74) is -1.02. The number of methoxy groups -OCH3 is 1. The van der Waals surface area contributed by atoms with Crippen molar-refractivity contribution < 1.29 is 23.0 Å². The molecule has 0 radical (unpaired) electrons. The van der Waals surface area contributed by atoms with Crippen molar-refractivity contribution in [1.82, 2.24) is 5.32 Å². The maximum Gasteiger partial charge on any atom is 0.329 e. The van der Waals surface area contributed by atoms with Gasteiger partial charge in [-0.2, -0.15) is 0 Å². The molecule has 20 heavy (non-hydrogen) atoms. The van der Waals surface area contributed by atoms with Crippen molar-refractivity contribution in [2.24, 2.45) is 5.92 Å². The van der Waals surface area contributed by atoms with E-state index >= 15 is 0 Å². The van der Waals surface area contributed by atoms with E-state index in [1.54, 1.807) is 7.05 Å². The van der Waals surface area contributed by atoms with Crippen LogP contribution in [-0.4, -0.2) is 32.3 Å². The molecule has 1 aliphatic rings. The highest BCUT2D eigenvalue weighted by Gasteiger charge is 2.52. The van der Waals surface area contributed by atoms with Crippen LogP contribution in [0.2, 0.25) is 0 Å². The summed E-state index contributed by atoms with van der Waals surface area (Å²) in [6, 6.07) is 2.95. The molecule has 1 saturated carbocycles. The van der Waals surface area contributed by atoms with Gasteiger partial charge in [0.1, 0.15) is 12.4 Å². The molecule has 0 spiro atoms. The Hall–Kier alpha value is -1.69. The fraction of sp³-hybridized carbons (Fsp3) is 0.500. The molecule has 1 fully saturated rings. The van der Waals surface area contributed by atoms with E-state index < -0.39 is 23.1 Å². The Bertz CT molecular complexity index is 505. The first-order chi connectivity index (χ1) is 9.53. The Balaban J connectivity index is 2.16. The molecule has 0 bridgehead atoms. The lowest BCUT2D eigenvalue weighted by Crippen LogP contribution is -2.57. The number of esters is 1. The lowest BCUT2D eigenvalue weighted by Gasteiger charge is -2.30. The zero-order chi connectivity index (χ0) is 14.8. The van der Waals surface area contributed by atoms with Crippen molar-refractivity contribution in [3.8, 4) is 5.75 Å². The van der Waals surface area contributed by atoms with Gasteiger partial charge in [-0.1, -0.05) is 0 Å². The molecular weight excluding hydrogens is 268 g/mol. The standard InChI is InChI=1S/C14H17F2NO3/c1-17-14(9-3-4-9,13(18)19-2)8-20-12-7-10(15)5-6-11(12)16/h5-7,9,17H,3-4,8H2,1-2H3. The Morgan fingerprint density at radius 2 is 2.15 bits per heavy atom. The van der Waals surface area contributed by atoms with Gasteiger partial charge in [-0.3, -0.25) is 0 Å². The summed E-state index contributed by atoms with van der Waals surface area (Å²) in [7, 11) is 2.92. The van der Waals surface area contributed by atoms with Crippen LogP contribution in [0, 0.1) is 17.6 Å². The Labute approximate surface area is 116 Å². The molecule has 0 saturated heterocycles. The molecule has 4 nitrogen and oxygen atoms in total. The molecule has 0 aliphatic heterocycles. The highest BCUT2D eigenvalue weighted by Crippen LogP contribution is 2.40. The van der Waals surface area contributed by atoms with Crippen LogP contribution in [0.3, 0.4) is 0 Å². The summed E-state index contributed by atoms with van der Waals surface area (Å²) in [6.07, 6.45) is 1.73. The van der Waals surface area contributed by atoms with Crippen LogP contribution in [0.4, 0.5) is 8.78 Å². The molecule has 1 N–H and O–H groups in total. The number of hydrogen-bond donors (Lipinski definition) is 1. The van der Waals surface area contributed by atoms with E-state index in [1.807, 2.05) is 0 Å². The number of hydrogen-bond acceptors (Lipinski definition) is 4. The maximum absolute atomic E-state index is 13.5. The van der Waals surface area contributed by atoms with E-state index in [1.165, 1.54) is 7.11 Å². The maximum atomic E-state index is 13.5. The molecule has 6 heteroatoms. The largest absolute Gasteiger partial charge is 0.488 e. The van der Waals surface area contributed by atoms with E-state index in [0.717, 1.165) is 31.0 Å². The van der Waals surface area contributed by atoms with Gasteiger partial charge < -0.3 is 14.8 Å². The molecule has 110 valence electrons. The van der Waals surface area contributed by atoms with Crippen molar-refractivity contribution in [2.45, 2.75) is 18.4 Å². The molecule has 2 rings (SSSR count). The summed E-state index contributed by atoms with van der Waals surface area (Å²) in [6.45, 7) is -0.110. The third-order valence-corrected chi connectivity index (χ3v) is 3.62. The van der Waals surface area contributed by atoms with Crippen LogP contribution in [-0.2, 0) is 9.53 Å². The number of ether oxygens (including phenoxy) is 2. The summed E-state index contributed by atoms with van der Waals surface area (Å²) >= 11 is 0. The normalized spacial score (nSPS) is 17.4. The molecule has 1 aromatic rings. The highest BCUT2D eigenvalue weighted by atomic mass is 19.1.